The molecule has 1 aliphatic carbocycles. The minimum Gasteiger partial charge on any atom is -0.285 e. The number of carbonyl (C=O) groups is 1. The van der Waals surface area contributed by atoms with E-state index in [9.17, 15) is 13.2 Å². The number of hydrogen-bond donors (Lipinski definition) is 2. The van der Waals surface area contributed by atoms with E-state index in [1.807, 2.05) is 54.6 Å². The normalized spacial score (nSPS) is 14.6. The molecule has 0 saturated heterocycles. The lowest BCUT2D eigenvalue weighted by Crippen LogP contribution is -2.40. The van der Waals surface area contributed by atoms with Gasteiger partial charge in [0.1, 0.15) is 11.5 Å². The maximum Gasteiger partial charge on any atom is 0.301 e. The summed E-state index contributed by atoms with van der Waals surface area (Å²) in [5.41, 5.74) is 2.48. The van der Waals surface area contributed by atoms with Gasteiger partial charge in [0, 0.05) is 48.9 Å². The van der Waals surface area contributed by atoms with Crippen LogP contribution in [0.4, 0.5) is 0 Å². The molecule has 170 valence electrons. The number of fused-ring (bicyclic) bond motifs is 1. The molecule has 0 radical (unpaired) electrons. The molecule has 4 rings (SSSR count). The number of aromatic nitrogens is 4. The SMILES string of the molecule is CC(C)CCNS(=O)(=O)NC(=O)C=Cc1c(C2CC2)nn(C)c1-n1ccc2cccnc21. The molecule has 0 spiro atoms. The molecule has 0 bridgehead atoms. The van der Waals surface area contributed by atoms with Crippen molar-refractivity contribution in [1.29, 1.82) is 0 Å². The second-order valence-electron chi connectivity index (χ2n) is 8.50. The quantitative estimate of drug-likeness (QED) is 0.481. The molecule has 0 unspecified atom stereocenters. The summed E-state index contributed by atoms with van der Waals surface area (Å²) in [5, 5.41) is 5.69. The largest absolute Gasteiger partial charge is 0.301 e. The van der Waals surface area contributed by atoms with Gasteiger partial charge in [0.25, 0.3) is 5.91 Å². The van der Waals surface area contributed by atoms with Crippen molar-refractivity contribution in [3.63, 3.8) is 0 Å². The van der Waals surface area contributed by atoms with E-state index in [1.165, 1.54) is 6.08 Å². The topological polar surface area (TPSA) is 111 Å². The first-order valence-corrected chi connectivity index (χ1v) is 12.2. The third kappa shape index (κ3) is 4.91. The molecule has 2 N–H and O–H groups in total. The predicted molar refractivity (Wildman–Crippen MR) is 123 cm³/mol. The Hall–Kier alpha value is -2.98. The summed E-state index contributed by atoms with van der Waals surface area (Å²) >= 11 is 0. The Balaban J connectivity index is 1.61. The predicted octanol–water partition coefficient (Wildman–Crippen LogP) is 2.65. The van der Waals surface area contributed by atoms with Crippen LogP contribution in [0.25, 0.3) is 22.9 Å². The molecule has 3 aromatic heterocycles. The van der Waals surface area contributed by atoms with Gasteiger partial charge in [-0.1, -0.05) is 13.8 Å². The number of hydrogen-bond acceptors (Lipinski definition) is 5. The van der Waals surface area contributed by atoms with E-state index in [4.69, 9.17) is 5.10 Å². The molecule has 10 heteroatoms. The highest BCUT2D eigenvalue weighted by molar-refractivity contribution is 7.88. The fourth-order valence-electron chi connectivity index (χ4n) is 3.64. The van der Waals surface area contributed by atoms with Crippen LogP contribution in [0, 0.1) is 5.92 Å². The van der Waals surface area contributed by atoms with Crippen LogP contribution in [-0.2, 0) is 22.1 Å². The average Bonchev–Trinajstić information content (AvgIpc) is 3.40. The summed E-state index contributed by atoms with van der Waals surface area (Å²) in [7, 11) is -2.05. The Morgan fingerprint density at radius 3 is 2.81 bits per heavy atom. The summed E-state index contributed by atoms with van der Waals surface area (Å²) in [6.07, 6.45) is 9.32. The summed E-state index contributed by atoms with van der Waals surface area (Å²) in [6, 6.07) is 5.84. The van der Waals surface area contributed by atoms with Gasteiger partial charge in [-0.3, -0.25) is 14.0 Å². The van der Waals surface area contributed by atoms with Crippen molar-refractivity contribution in [2.75, 3.05) is 6.54 Å². The molecule has 1 saturated carbocycles. The number of nitrogens with zero attached hydrogens (tertiary/aromatic N) is 4. The Morgan fingerprint density at radius 1 is 1.31 bits per heavy atom. The first-order chi connectivity index (χ1) is 15.2. The number of pyridine rings is 1. The highest BCUT2D eigenvalue weighted by Gasteiger charge is 2.31. The van der Waals surface area contributed by atoms with Crippen molar-refractivity contribution in [1.82, 2.24) is 28.8 Å². The Labute approximate surface area is 187 Å². The number of carbonyl (C=O) groups excluding carboxylic acids is 1. The fraction of sp³-hybridized carbons (Fsp3) is 0.409. The lowest BCUT2D eigenvalue weighted by atomic mass is 10.1. The number of aryl methyl sites for hydroxylation is 1. The minimum absolute atomic E-state index is 0.274. The standard InChI is InChI=1S/C22H28N6O3S/c1-15(2)10-13-24-32(30,31)26-19(29)9-8-18-20(16-6-7-16)25-27(3)22(18)28-14-11-17-5-4-12-23-21(17)28/h4-5,8-9,11-12,14-16,24H,6-7,10,13H2,1-3H3,(H,26,29). The Bertz CT molecular complexity index is 1270. The third-order valence-electron chi connectivity index (χ3n) is 5.37. The van der Waals surface area contributed by atoms with Crippen LogP contribution in [-0.4, -0.2) is 40.2 Å². The monoisotopic (exact) mass is 456 g/mol. The summed E-state index contributed by atoms with van der Waals surface area (Å²) in [4.78, 5) is 16.9. The van der Waals surface area contributed by atoms with Crippen LogP contribution in [0.1, 0.15) is 50.3 Å². The van der Waals surface area contributed by atoms with Crippen LogP contribution >= 0.6 is 0 Å². The van der Waals surface area contributed by atoms with Crippen molar-refractivity contribution in [2.45, 2.75) is 39.0 Å². The van der Waals surface area contributed by atoms with Gasteiger partial charge >= 0.3 is 10.2 Å². The van der Waals surface area contributed by atoms with E-state index in [1.54, 1.807) is 17.0 Å². The molecule has 0 atom stereocenters. The van der Waals surface area contributed by atoms with Gasteiger partial charge in [0.05, 0.1) is 5.69 Å². The zero-order valence-corrected chi connectivity index (χ0v) is 19.3. The lowest BCUT2D eigenvalue weighted by Gasteiger charge is -2.09. The van der Waals surface area contributed by atoms with Gasteiger partial charge in [-0.05, 0) is 49.5 Å². The van der Waals surface area contributed by atoms with Gasteiger partial charge in [0.2, 0.25) is 0 Å². The number of rotatable bonds is 9. The van der Waals surface area contributed by atoms with Crippen molar-refractivity contribution in [3.8, 4) is 5.82 Å². The Morgan fingerprint density at radius 2 is 2.09 bits per heavy atom. The van der Waals surface area contributed by atoms with Crippen molar-refractivity contribution >= 4 is 33.2 Å². The second kappa shape index (κ2) is 8.87. The van der Waals surface area contributed by atoms with E-state index in [-0.39, 0.29) is 6.54 Å². The van der Waals surface area contributed by atoms with E-state index < -0.39 is 16.1 Å². The fourth-order valence-corrected chi connectivity index (χ4v) is 4.43. The number of amides is 1. The molecule has 1 amide bonds. The Kier molecular flexibility index (Phi) is 6.16. The van der Waals surface area contributed by atoms with Gasteiger partial charge in [-0.15, -0.1) is 0 Å². The van der Waals surface area contributed by atoms with Gasteiger partial charge < -0.3 is 0 Å². The molecule has 0 aliphatic heterocycles. The zero-order chi connectivity index (χ0) is 22.9. The lowest BCUT2D eigenvalue weighted by molar-refractivity contribution is -0.114. The highest BCUT2D eigenvalue weighted by atomic mass is 32.2. The zero-order valence-electron chi connectivity index (χ0n) is 18.4. The van der Waals surface area contributed by atoms with Crippen molar-refractivity contribution < 1.29 is 13.2 Å². The molecular weight excluding hydrogens is 428 g/mol. The van der Waals surface area contributed by atoms with Gasteiger partial charge in [-0.2, -0.15) is 18.2 Å². The first-order valence-electron chi connectivity index (χ1n) is 10.7. The third-order valence-corrected chi connectivity index (χ3v) is 6.43. The maximum absolute atomic E-state index is 12.4. The molecule has 0 aromatic carbocycles. The number of nitrogens with one attached hydrogen (secondary N) is 2. The molecule has 1 fully saturated rings. The minimum atomic E-state index is -3.91. The van der Waals surface area contributed by atoms with Gasteiger partial charge in [0.15, 0.2) is 0 Å². The van der Waals surface area contributed by atoms with Crippen LogP contribution in [0.5, 0.6) is 0 Å². The smallest absolute Gasteiger partial charge is 0.285 e. The second-order valence-corrected chi connectivity index (χ2v) is 10.0. The van der Waals surface area contributed by atoms with Crippen molar-refractivity contribution in [3.05, 3.63) is 47.9 Å². The van der Waals surface area contributed by atoms with Crippen LogP contribution in [0.3, 0.4) is 0 Å². The molecule has 3 aromatic rings. The van der Waals surface area contributed by atoms with Crippen LogP contribution in [0.15, 0.2) is 36.7 Å². The molecule has 9 nitrogen and oxygen atoms in total. The van der Waals surface area contributed by atoms with Crippen LogP contribution in [0.2, 0.25) is 0 Å². The average molecular weight is 457 g/mol. The summed E-state index contributed by atoms with van der Waals surface area (Å²) in [6.45, 7) is 4.28. The molecular formula is C22H28N6O3S. The van der Waals surface area contributed by atoms with Crippen molar-refractivity contribution in [2.24, 2.45) is 13.0 Å². The van der Waals surface area contributed by atoms with E-state index >= 15 is 0 Å². The summed E-state index contributed by atoms with van der Waals surface area (Å²) < 4.78 is 32.4. The molecule has 3 heterocycles. The summed E-state index contributed by atoms with van der Waals surface area (Å²) in [5.74, 6) is 0.767. The molecule has 32 heavy (non-hydrogen) atoms. The van der Waals surface area contributed by atoms with E-state index in [2.05, 4.69) is 9.71 Å². The van der Waals surface area contributed by atoms with E-state index in [0.29, 0.717) is 18.3 Å². The highest BCUT2D eigenvalue weighted by Crippen LogP contribution is 2.42. The first kappa shape index (κ1) is 22.2. The van der Waals surface area contributed by atoms with E-state index in [0.717, 1.165) is 41.0 Å². The maximum atomic E-state index is 12.4. The van der Waals surface area contributed by atoms with Gasteiger partial charge in [-0.25, -0.2) is 9.71 Å². The van der Waals surface area contributed by atoms with Crippen LogP contribution < -0.4 is 9.44 Å². The molecule has 1 aliphatic rings.